The molecule has 0 spiro atoms. The number of hydrogen-bond donors (Lipinski definition) is 2. The van der Waals surface area contributed by atoms with E-state index in [1.54, 1.807) is 12.1 Å². The number of likely N-dealkylation sites (tertiary alicyclic amines) is 1. The van der Waals surface area contributed by atoms with Crippen LogP contribution in [-0.4, -0.2) is 66.7 Å². The number of thiophene rings is 1. The number of amides is 3. The van der Waals surface area contributed by atoms with Crippen molar-refractivity contribution < 1.29 is 19.1 Å². The zero-order valence-corrected chi connectivity index (χ0v) is 25.6. The number of nitrogens with one attached hydrogen (secondary N) is 2. The number of hydrogen-bond acceptors (Lipinski definition) is 9. The molecule has 5 heterocycles. The summed E-state index contributed by atoms with van der Waals surface area (Å²) in [5, 5.41) is 16.5. The lowest BCUT2D eigenvalue weighted by molar-refractivity contribution is 0.103. The SMILES string of the molecule is CN(C)C1CCN(Cc2ccc(NC(=O)c3sc4ncc(C#N)c5c4c3NC(=O)N5c3c(Cl)ccc4c3OCO4)cc2)CC1. The fourth-order valence-corrected chi connectivity index (χ4v) is 7.23. The molecule has 0 aliphatic carbocycles. The molecule has 3 aliphatic rings. The predicted octanol–water partition coefficient (Wildman–Crippen LogP) is 6.01. The van der Waals surface area contributed by atoms with Crippen LogP contribution in [0.3, 0.4) is 0 Å². The molecule has 0 saturated carbocycles. The van der Waals surface area contributed by atoms with Crippen LogP contribution in [0.5, 0.6) is 11.5 Å². The Kier molecular flexibility index (Phi) is 7.26. The van der Waals surface area contributed by atoms with Crippen molar-refractivity contribution >= 4 is 67.8 Å². The third-order valence-corrected chi connectivity index (χ3v) is 9.67. The molecule has 1 saturated heterocycles. The highest BCUT2D eigenvalue weighted by Gasteiger charge is 2.38. The van der Waals surface area contributed by atoms with Crippen LogP contribution in [0.25, 0.3) is 10.2 Å². The van der Waals surface area contributed by atoms with Crippen LogP contribution < -0.4 is 25.0 Å². The Hall–Kier alpha value is -4.41. The van der Waals surface area contributed by atoms with E-state index in [0.29, 0.717) is 39.1 Å². The molecule has 224 valence electrons. The van der Waals surface area contributed by atoms with E-state index >= 15 is 0 Å². The smallest absolute Gasteiger partial charge is 0.331 e. The minimum absolute atomic E-state index is 0.0283. The van der Waals surface area contributed by atoms with Gasteiger partial charge in [-0.25, -0.2) is 9.78 Å². The molecule has 0 bridgehead atoms. The molecule has 2 N–H and O–H groups in total. The molecule has 0 unspecified atom stereocenters. The first kappa shape index (κ1) is 28.4. The zero-order valence-electron chi connectivity index (χ0n) is 24.0. The van der Waals surface area contributed by atoms with Gasteiger partial charge in [-0.15, -0.1) is 11.3 Å². The van der Waals surface area contributed by atoms with Crippen LogP contribution in [0.15, 0.2) is 42.6 Å². The van der Waals surface area contributed by atoms with Crippen molar-refractivity contribution in [2.24, 2.45) is 0 Å². The average molecular weight is 630 g/mol. The standard InChI is InChI=1S/C31H28ClN7O4S/c1-37(2)20-9-11-38(12-10-20)15-17-3-5-19(6-4-17)35-29(40)28-24-23-25(18(13-33)14-34-30(23)44-28)39(31(41)36-24)26-21(32)7-8-22-27(26)43-16-42-22/h3-8,14,20H,9-12,15-16H2,1-2H3,(H,35,40)(H,36,41). The van der Waals surface area contributed by atoms with E-state index in [-0.39, 0.29) is 33.6 Å². The number of anilines is 4. The summed E-state index contributed by atoms with van der Waals surface area (Å²) in [6, 6.07) is 13.2. The highest BCUT2D eigenvalue weighted by molar-refractivity contribution is 7.21. The largest absolute Gasteiger partial charge is 0.454 e. The summed E-state index contributed by atoms with van der Waals surface area (Å²) in [6.45, 7) is 2.95. The van der Waals surface area contributed by atoms with Gasteiger partial charge in [0.2, 0.25) is 6.79 Å². The van der Waals surface area contributed by atoms with Gasteiger partial charge in [-0.1, -0.05) is 23.7 Å². The lowest BCUT2D eigenvalue weighted by atomic mass is 10.0. The van der Waals surface area contributed by atoms with E-state index < -0.39 is 11.9 Å². The molecule has 11 nitrogen and oxygen atoms in total. The van der Waals surface area contributed by atoms with E-state index in [4.69, 9.17) is 21.1 Å². The topological polar surface area (TPSA) is 123 Å². The van der Waals surface area contributed by atoms with Gasteiger partial charge in [0, 0.05) is 24.5 Å². The second-order valence-corrected chi connectivity index (χ2v) is 12.5. The number of pyridine rings is 1. The molecule has 0 atom stereocenters. The molecule has 0 radical (unpaired) electrons. The Labute approximate surface area is 262 Å². The molecule has 2 aromatic heterocycles. The number of piperidine rings is 1. The van der Waals surface area contributed by atoms with Gasteiger partial charge in [0.1, 0.15) is 21.5 Å². The molecule has 13 heteroatoms. The lowest BCUT2D eigenvalue weighted by Gasteiger charge is -2.35. The van der Waals surface area contributed by atoms with Crippen molar-refractivity contribution in [3.63, 3.8) is 0 Å². The van der Waals surface area contributed by atoms with Crippen molar-refractivity contribution in [1.82, 2.24) is 14.8 Å². The van der Waals surface area contributed by atoms with Gasteiger partial charge in [-0.05, 0) is 69.9 Å². The summed E-state index contributed by atoms with van der Waals surface area (Å²) in [7, 11) is 4.28. The van der Waals surface area contributed by atoms with Crippen LogP contribution in [0.4, 0.5) is 27.5 Å². The zero-order chi connectivity index (χ0) is 30.5. The first-order chi connectivity index (χ1) is 21.3. The summed E-state index contributed by atoms with van der Waals surface area (Å²) >= 11 is 7.70. The Balaban J connectivity index is 1.16. The number of benzene rings is 2. The molecule has 44 heavy (non-hydrogen) atoms. The Bertz CT molecular complexity index is 1840. The fourth-order valence-electron chi connectivity index (χ4n) is 6.00. The fraction of sp³-hybridized carbons (Fsp3) is 0.290. The van der Waals surface area contributed by atoms with Gasteiger partial charge in [-0.3, -0.25) is 14.6 Å². The van der Waals surface area contributed by atoms with Crippen LogP contribution in [0.1, 0.15) is 33.6 Å². The number of nitrogens with zero attached hydrogens (tertiary/aromatic N) is 5. The van der Waals surface area contributed by atoms with Crippen molar-refractivity contribution in [1.29, 1.82) is 5.26 Å². The minimum Gasteiger partial charge on any atom is -0.454 e. The van der Waals surface area contributed by atoms with Gasteiger partial charge in [-0.2, -0.15) is 5.26 Å². The second-order valence-electron chi connectivity index (χ2n) is 11.1. The monoisotopic (exact) mass is 629 g/mol. The minimum atomic E-state index is -0.598. The Morgan fingerprint density at radius 3 is 2.68 bits per heavy atom. The van der Waals surface area contributed by atoms with E-state index in [9.17, 15) is 14.9 Å². The second kappa shape index (κ2) is 11.3. The van der Waals surface area contributed by atoms with Crippen LogP contribution in [-0.2, 0) is 6.54 Å². The highest BCUT2D eigenvalue weighted by Crippen LogP contribution is 2.53. The first-order valence-corrected chi connectivity index (χ1v) is 15.4. The number of carbonyl (C=O) groups excluding carboxylic acids is 2. The van der Waals surface area contributed by atoms with Crippen molar-refractivity contribution in [3.05, 3.63) is 63.6 Å². The van der Waals surface area contributed by atoms with Gasteiger partial charge >= 0.3 is 6.03 Å². The third kappa shape index (κ3) is 4.88. The number of fused-ring (bicyclic) bond motifs is 1. The summed E-state index contributed by atoms with van der Waals surface area (Å²) < 4.78 is 11.1. The van der Waals surface area contributed by atoms with Crippen molar-refractivity contribution in [3.8, 4) is 17.6 Å². The van der Waals surface area contributed by atoms with Gasteiger partial charge in [0.05, 0.1) is 27.3 Å². The number of carbonyl (C=O) groups is 2. The maximum absolute atomic E-state index is 13.7. The maximum Gasteiger partial charge on any atom is 0.331 e. The van der Waals surface area contributed by atoms with E-state index in [0.717, 1.165) is 43.8 Å². The van der Waals surface area contributed by atoms with Gasteiger partial charge in [0.25, 0.3) is 5.91 Å². The molecule has 7 rings (SSSR count). The normalized spacial score (nSPS) is 16.3. The van der Waals surface area contributed by atoms with Crippen LogP contribution in [0.2, 0.25) is 5.02 Å². The molecule has 1 fully saturated rings. The third-order valence-electron chi connectivity index (χ3n) is 8.27. The Morgan fingerprint density at radius 2 is 1.95 bits per heavy atom. The number of ether oxygens (including phenoxy) is 2. The highest BCUT2D eigenvalue weighted by atomic mass is 35.5. The Morgan fingerprint density at radius 1 is 1.18 bits per heavy atom. The molecule has 2 aromatic carbocycles. The molecule has 3 amide bonds. The summed E-state index contributed by atoms with van der Waals surface area (Å²) in [5.74, 6) is 0.326. The maximum atomic E-state index is 13.7. The van der Waals surface area contributed by atoms with E-state index in [2.05, 4.69) is 45.6 Å². The quantitative estimate of drug-likeness (QED) is 0.266. The number of nitriles is 1. The van der Waals surface area contributed by atoms with E-state index in [1.165, 1.54) is 16.7 Å². The van der Waals surface area contributed by atoms with Gasteiger partial charge in [0.15, 0.2) is 11.5 Å². The van der Waals surface area contributed by atoms with E-state index in [1.807, 2.05) is 24.3 Å². The van der Waals surface area contributed by atoms with Crippen molar-refractivity contribution in [2.75, 3.05) is 49.5 Å². The average Bonchev–Trinajstić information content (AvgIpc) is 3.65. The number of urea groups is 1. The molecule has 3 aliphatic heterocycles. The van der Waals surface area contributed by atoms with Gasteiger partial charge < -0.3 is 25.0 Å². The molecular weight excluding hydrogens is 602 g/mol. The summed E-state index contributed by atoms with van der Waals surface area (Å²) in [4.78, 5) is 38.5. The van der Waals surface area contributed by atoms with Crippen LogP contribution >= 0.6 is 22.9 Å². The molecular formula is C31H28ClN7O4S. The van der Waals surface area contributed by atoms with Crippen molar-refractivity contribution in [2.45, 2.75) is 25.4 Å². The molecule has 4 aromatic rings. The number of rotatable bonds is 6. The number of halogens is 1. The summed E-state index contributed by atoms with van der Waals surface area (Å²) in [6.07, 6.45) is 3.70. The first-order valence-electron chi connectivity index (χ1n) is 14.2. The predicted molar refractivity (Wildman–Crippen MR) is 169 cm³/mol. The lowest BCUT2D eigenvalue weighted by Crippen LogP contribution is -2.41. The van der Waals surface area contributed by atoms with Crippen LogP contribution in [0, 0.1) is 11.3 Å². The summed E-state index contributed by atoms with van der Waals surface area (Å²) in [5.41, 5.74) is 2.76. The number of aromatic nitrogens is 1.